The molecule has 0 aliphatic carbocycles. The molecule has 5 nitrogen and oxygen atoms in total. The van der Waals surface area contributed by atoms with E-state index < -0.39 is 10.0 Å². The van der Waals surface area contributed by atoms with Gasteiger partial charge in [0.15, 0.2) is 0 Å². The molecule has 2 aromatic carbocycles. The SMILES string of the molecule is CCN(CC)C(=O)c1cc2ccccc2cc1NS(=O)(=O)c1cccs1. The van der Waals surface area contributed by atoms with Crippen LogP contribution in [0.4, 0.5) is 5.69 Å². The van der Waals surface area contributed by atoms with Crippen LogP contribution in [-0.4, -0.2) is 32.3 Å². The molecular formula is C19H20N2O3S2. The van der Waals surface area contributed by atoms with Gasteiger partial charge in [-0.05, 0) is 48.2 Å². The molecule has 7 heteroatoms. The van der Waals surface area contributed by atoms with Crippen molar-refractivity contribution in [1.82, 2.24) is 4.90 Å². The number of fused-ring (bicyclic) bond motifs is 1. The van der Waals surface area contributed by atoms with E-state index in [9.17, 15) is 13.2 Å². The molecule has 0 saturated carbocycles. The monoisotopic (exact) mass is 388 g/mol. The molecule has 3 aromatic rings. The second kappa shape index (κ2) is 7.47. The maximum Gasteiger partial charge on any atom is 0.271 e. The number of nitrogens with one attached hydrogen (secondary N) is 1. The van der Waals surface area contributed by atoms with Gasteiger partial charge in [0.1, 0.15) is 4.21 Å². The summed E-state index contributed by atoms with van der Waals surface area (Å²) in [4.78, 5) is 14.6. The minimum atomic E-state index is -3.74. The first kappa shape index (κ1) is 18.4. The lowest BCUT2D eigenvalue weighted by Gasteiger charge is -2.21. The van der Waals surface area contributed by atoms with Crippen LogP contribution < -0.4 is 4.72 Å². The first-order chi connectivity index (χ1) is 12.5. The standard InChI is InChI=1S/C19H20N2O3S2/c1-3-21(4-2)19(22)16-12-14-8-5-6-9-15(14)13-17(16)20-26(23,24)18-10-7-11-25-18/h5-13,20H,3-4H2,1-2H3. The molecule has 3 rings (SSSR count). The maximum absolute atomic E-state index is 12.9. The number of nitrogens with zero attached hydrogens (tertiary/aromatic N) is 1. The Morgan fingerprint density at radius 3 is 2.27 bits per heavy atom. The van der Waals surface area contributed by atoms with E-state index in [4.69, 9.17) is 0 Å². The molecular weight excluding hydrogens is 368 g/mol. The van der Waals surface area contributed by atoms with E-state index >= 15 is 0 Å². The highest BCUT2D eigenvalue weighted by atomic mass is 32.2. The van der Waals surface area contributed by atoms with Gasteiger partial charge in [0, 0.05) is 13.1 Å². The van der Waals surface area contributed by atoms with Crippen molar-refractivity contribution in [1.29, 1.82) is 0 Å². The van der Waals surface area contributed by atoms with Crippen LogP contribution in [0.1, 0.15) is 24.2 Å². The van der Waals surface area contributed by atoms with Crippen LogP contribution in [0.2, 0.25) is 0 Å². The Bertz CT molecular complexity index is 1020. The second-order valence-electron chi connectivity index (χ2n) is 5.76. The summed E-state index contributed by atoms with van der Waals surface area (Å²) in [6.07, 6.45) is 0. The van der Waals surface area contributed by atoms with Crippen LogP contribution in [0, 0.1) is 0 Å². The third-order valence-corrected chi connectivity index (χ3v) is 6.93. The summed E-state index contributed by atoms with van der Waals surface area (Å²) in [7, 11) is -3.74. The number of carbonyl (C=O) groups excluding carboxylic acids is 1. The highest BCUT2D eigenvalue weighted by molar-refractivity contribution is 7.94. The zero-order valence-corrected chi connectivity index (χ0v) is 16.2. The number of thiophene rings is 1. The molecule has 0 spiro atoms. The van der Waals surface area contributed by atoms with Gasteiger partial charge in [0.2, 0.25) is 0 Å². The van der Waals surface area contributed by atoms with E-state index in [1.807, 2.05) is 38.1 Å². The largest absolute Gasteiger partial charge is 0.339 e. The molecule has 0 aliphatic rings. The Labute approximate surface area is 157 Å². The number of benzene rings is 2. The van der Waals surface area contributed by atoms with Crippen LogP contribution in [0.15, 0.2) is 58.1 Å². The Morgan fingerprint density at radius 1 is 1.04 bits per heavy atom. The Morgan fingerprint density at radius 2 is 1.69 bits per heavy atom. The summed E-state index contributed by atoms with van der Waals surface area (Å²) in [6, 6.07) is 14.3. The van der Waals surface area contributed by atoms with Crippen LogP contribution in [0.25, 0.3) is 10.8 Å². The van der Waals surface area contributed by atoms with Crippen molar-refractivity contribution in [3.8, 4) is 0 Å². The normalized spacial score (nSPS) is 11.5. The molecule has 1 aromatic heterocycles. The van der Waals surface area contributed by atoms with Gasteiger partial charge in [-0.25, -0.2) is 8.42 Å². The average molecular weight is 389 g/mol. The molecule has 0 unspecified atom stereocenters. The van der Waals surface area contributed by atoms with E-state index in [2.05, 4.69) is 4.72 Å². The average Bonchev–Trinajstić information content (AvgIpc) is 3.17. The van der Waals surface area contributed by atoms with E-state index in [1.165, 1.54) is 0 Å². The molecule has 0 radical (unpaired) electrons. The van der Waals surface area contributed by atoms with Crippen molar-refractivity contribution in [2.75, 3.05) is 17.8 Å². The minimum Gasteiger partial charge on any atom is -0.339 e. The fourth-order valence-electron chi connectivity index (χ4n) is 2.79. The van der Waals surface area contributed by atoms with Gasteiger partial charge in [-0.3, -0.25) is 9.52 Å². The van der Waals surface area contributed by atoms with Gasteiger partial charge in [0.05, 0.1) is 11.3 Å². The number of rotatable bonds is 6. The van der Waals surface area contributed by atoms with Crippen LogP contribution in [0.3, 0.4) is 0 Å². The lowest BCUT2D eigenvalue weighted by molar-refractivity contribution is 0.0774. The number of anilines is 1. The number of hydrogen-bond acceptors (Lipinski definition) is 4. The predicted molar refractivity (Wildman–Crippen MR) is 106 cm³/mol. The number of carbonyl (C=O) groups is 1. The summed E-state index contributed by atoms with van der Waals surface area (Å²) in [5.41, 5.74) is 0.654. The van der Waals surface area contributed by atoms with Crippen molar-refractivity contribution < 1.29 is 13.2 Å². The number of amides is 1. The van der Waals surface area contributed by atoms with E-state index in [-0.39, 0.29) is 10.1 Å². The molecule has 0 saturated heterocycles. The first-order valence-electron chi connectivity index (χ1n) is 8.34. The lowest BCUT2D eigenvalue weighted by atomic mass is 10.0. The third kappa shape index (κ3) is 3.59. The zero-order valence-electron chi connectivity index (χ0n) is 14.6. The highest BCUT2D eigenvalue weighted by Gasteiger charge is 2.22. The summed E-state index contributed by atoms with van der Waals surface area (Å²) in [6.45, 7) is 4.91. The molecule has 136 valence electrons. The molecule has 1 amide bonds. The fraction of sp³-hybridized carbons (Fsp3) is 0.211. The van der Waals surface area contributed by atoms with Gasteiger partial charge in [0.25, 0.3) is 15.9 Å². The van der Waals surface area contributed by atoms with Crippen molar-refractivity contribution in [3.05, 3.63) is 59.5 Å². The maximum atomic E-state index is 12.9. The topological polar surface area (TPSA) is 66.5 Å². The van der Waals surface area contributed by atoms with Crippen LogP contribution in [0.5, 0.6) is 0 Å². The van der Waals surface area contributed by atoms with E-state index in [0.29, 0.717) is 24.3 Å². The minimum absolute atomic E-state index is 0.190. The lowest BCUT2D eigenvalue weighted by Crippen LogP contribution is -2.31. The van der Waals surface area contributed by atoms with Gasteiger partial charge in [-0.1, -0.05) is 30.3 Å². The van der Waals surface area contributed by atoms with Gasteiger partial charge >= 0.3 is 0 Å². The molecule has 0 atom stereocenters. The summed E-state index contributed by atoms with van der Waals surface area (Å²) in [5.74, 6) is -0.190. The predicted octanol–water partition coefficient (Wildman–Crippen LogP) is 4.18. The summed E-state index contributed by atoms with van der Waals surface area (Å²) < 4.78 is 28.1. The number of sulfonamides is 1. The Balaban J connectivity index is 2.13. The quantitative estimate of drug-likeness (QED) is 0.689. The van der Waals surface area contributed by atoms with Gasteiger partial charge < -0.3 is 4.90 Å². The molecule has 1 N–H and O–H groups in total. The highest BCUT2D eigenvalue weighted by Crippen LogP contribution is 2.28. The van der Waals surface area contributed by atoms with Crippen molar-refractivity contribution in [2.45, 2.75) is 18.1 Å². The van der Waals surface area contributed by atoms with Crippen molar-refractivity contribution in [2.24, 2.45) is 0 Å². The molecule has 0 bridgehead atoms. The summed E-state index contributed by atoms with van der Waals surface area (Å²) >= 11 is 1.14. The molecule has 0 aliphatic heterocycles. The fourth-order valence-corrected chi connectivity index (χ4v) is 4.86. The second-order valence-corrected chi connectivity index (χ2v) is 8.62. The summed E-state index contributed by atoms with van der Waals surface area (Å²) in [5, 5.41) is 3.46. The molecule has 26 heavy (non-hydrogen) atoms. The smallest absolute Gasteiger partial charge is 0.271 e. The Hall–Kier alpha value is -2.38. The molecule has 1 heterocycles. The first-order valence-corrected chi connectivity index (χ1v) is 10.7. The van der Waals surface area contributed by atoms with Crippen LogP contribution in [-0.2, 0) is 10.0 Å². The van der Waals surface area contributed by atoms with E-state index in [0.717, 1.165) is 22.1 Å². The molecule has 0 fully saturated rings. The van der Waals surface area contributed by atoms with Gasteiger partial charge in [-0.15, -0.1) is 11.3 Å². The number of hydrogen-bond donors (Lipinski definition) is 1. The van der Waals surface area contributed by atoms with Gasteiger partial charge in [-0.2, -0.15) is 0 Å². The Kier molecular flexibility index (Phi) is 5.29. The van der Waals surface area contributed by atoms with Crippen molar-refractivity contribution in [3.63, 3.8) is 0 Å². The van der Waals surface area contributed by atoms with E-state index in [1.54, 1.807) is 34.5 Å². The third-order valence-electron chi connectivity index (χ3n) is 4.17. The van der Waals surface area contributed by atoms with Crippen molar-refractivity contribution >= 4 is 43.7 Å². The van der Waals surface area contributed by atoms with Crippen LogP contribution >= 0.6 is 11.3 Å². The zero-order chi connectivity index (χ0) is 18.7.